The molecule has 1 aliphatic rings. The molecule has 1 aliphatic carbocycles. The van der Waals surface area contributed by atoms with Crippen LogP contribution in [0.4, 0.5) is 0 Å². The summed E-state index contributed by atoms with van der Waals surface area (Å²) < 4.78 is 5.31. The van der Waals surface area contributed by atoms with Crippen molar-refractivity contribution in [1.29, 1.82) is 0 Å². The Labute approximate surface area is 82.2 Å². The lowest BCUT2D eigenvalue weighted by Crippen LogP contribution is -2.10. The summed E-state index contributed by atoms with van der Waals surface area (Å²) in [6, 6.07) is 7.97. The third kappa shape index (κ3) is 1.23. The van der Waals surface area contributed by atoms with E-state index in [1.54, 1.807) is 6.26 Å². The van der Waals surface area contributed by atoms with Gasteiger partial charge in [0.1, 0.15) is 5.58 Å². The zero-order chi connectivity index (χ0) is 9.60. The van der Waals surface area contributed by atoms with Crippen molar-refractivity contribution in [2.75, 3.05) is 0 Å². The van der Waals surface area contributed by atoms with E-state index in [-0.39, 0.29) is 0 Å². The van der Waals surface area contributed by atoms with Gasteiger partial charge in [-0.25, -0.2) is 0 Å². The molecule has 0 aliphatic heterocycles. The van der Waals surface area contributed by atoms with Gasteiger partial charge in [0.25, 0.3) is 0 Å². The normalized spacial score (nSPS) is 18.6. The fourth-order valence-electron chi connectivity index (χ4n) is 1.89. The van der Waals surface area contributed by atoms with E-state index in [2.05, 4.69) is 6.07 Å². The van der Waals surface area contributed by atoms with Crippen molar-refractivity contribution in [2.45, 2.75) is 24.9 Å². The minimum absolute atomic E-state index is 0.425. The average Bonchev–Trinajstić information content (AvgIpc) is 2.73. The van der Waals surface area contributed by atoms with Crippen LogP contribution in [-0.4, -0.2) is 10.7 Å². The molecule has 1 fully saturated rings. The first-order valence-electron chi connectivity index (χ1n) is 4.94. The molecule has 3 rings (SSSR count). The van der Waals surface area contributed by atoms with Crippen LogP contribution in [0.25, 0.3) is 11.0 Å². The summed E-state index contributed by atoms with van der Waals surface area (Å²) >= 11 is 0. The minimum Gasteiger partial charge on any atom is -0.464 e. The standard InChI is InChI=1S/C12H12O2/c13-12(5-6-12)8-9-2-1-3-11-10(9)4-7-14-11/h1-4,7,13H,5-6,8H2. The summed E-state index contributed by atoms with van der Waals surface area (Å²) in [6.45, 7) is 0. The highest BCUT2D eigenvalue weighted by Gasteiger charge is 2.40. The lowest BCUT2D eigenvalue weighted by molar-refractivity contribution is 0.151. The lowest BCUT2D eigenvalue weighted by Gasteiger charge is -2.07. The fourth-order valence-corrected chi connectivity index (χ4v) is 1.89. The Hall–Kier alpha value is -1.28. The summed E-state index contributed by atoms with van der Waals surface area (Å²) in [7, 11) is 0. The minimum atomic E-state index is -0.425. The largest absolute Gasteiger partial charge is 0.464 e. The number of hydrogen-bond acceptors (Lipinski definition) is 2. The molecule has 14 heavy (non-hydrogen) atoms. The van der Waals surface area contributed by atoms with Gasteiger partial charge in [0.2, 0.25) is 0 Å². The highest BCUT2D eigenvalue weighted by atomic mass is 16.3. The molecule has 0 saturated heterocycles. The molecule has 0 radical (unpaired) electrons. The van der Waals surface area contributed by atoms with Crippen molar-refractivity contribution < 1.29 is 9.52 Å². The molecule has 72 valence electrons. The van der Waals surface area contributed by atoms with Crippen molar-refractivity contribution in [3.63, 3.8) is 0 Å². The molecule has 1 saturated carbocycles. The van der Waals surface area contributed by atoms with Gasteiger partial charge in [-0.2, -0.15) is 0 Å². The van der Waals surface area contributed by atoms with Crippen LogP contribution in [0.2, 0.25) is 0 Å². The maximum absolute atomic E-state index is 9.85. The average molecular weight is 188 g/mol. The number of hydrogen-bond donors (Lipinski definition) is 1. The molecule has 1 aromatic heterocycles. The van der Waals surface area contributed by atoms with E-state index in [4.69, 9.17) is 4.42 Å². The van der Waals surface area contributed by atoms with Crippen molar-refractivity contribution in [1.82, 2.24) is 0 Å². The summed E-state index contributed by atoms with van der Waals surface area (Å²) in [5, 5.41) is 11.0. The zero-order valence-electron chi connectivity index (χ0n) is 7.86. The van der Waals surface area contributed by atoms with E-state index >= 15 is 0 Å². The molecule has 0 amide bonds. The SMILES string of the molecule is OC1(Cc2cccc3occc23)CC1. The van der Waals surface area contributed by atoms with Crippen LogP contribution >= 0.6 is 0 Å². The van der Waals surface area contributed by atoms with Gasteiger partial charge < -0.3 is 9.52 Å². The summed E-state index contributed by atoms with van der Waals surface area (Å²) in [5.41, 5.74) is 1.67. The molecule has 0 spiro atoms. The highest BCUT2D eigenvalue weighted by molar-refractivity contribution is 5.81. The molecule has 2 heteroatoms. The predicted molar refractivity (Wildman–Crippen MR) is 54.1 cm³/mol. The lowest BCUT2D eigenvalue weighted by atomic mass is 10.0. The van der Waals surface area contributed by atoms with Gasteiger partial charge in [-0.3, -0.25) is 0 Å². The second kappa shape index (κ2) is 2.61. The van der Waals surface area contributed by atoms with E-state index in [1.807, 2.05) is 18.2 Å². The maximum atomic E-state index is 9.85. The molecule has 1 aromatic carbocycles. The van der Waals surface area contributed by atoms with Crippen LogP contribution in [0.5, 0.6) is 0 Å². The van der Waals surface area contributed by atoms with Crippen LogP contribution in [0.15, 0.2) is 34.9 Å². The van der Waals surface area contributed by atoms with E-state index < -0.39 is 5.60 Å². The molecule has 0 bridgehead atoms. The summed E-state index contributed by atoms with van der Waals surface area (Å²) in [6.07, 6.45) is 4.32. The Kier molecular flexibility index (Phi) is 1.50. The molecule has 1 heterocycles. The first-order chi connectivity index (χ1) is 6.77. The van der Waals surface area contributed by atoms with Crippen LogP contribution in [0, 0.1) is 0 Å². The topological polar surface area (TPSA) is 33.4 Å². The number of fused-ring (bicyclic) bond motifs is 1. The van der Waals surface area contributed by atoms with Crippen LogP contribution in [0.1, 0.15) is 18.4 Å². The third-order valence-electron chi connectivity index (χ3n) is 2.93. The molecule has 0 unspecified atom stereocenters. The Morgan fingerprint density at radius 3 is 2.93 bits per heavy atom. The van der Waals surface area contributed by atoms with Gasteiger partial charge in [-0.05, 0) is 30.5 Å². The van der Waals surface area contributed by atoms with Gasteiger partial charge in [-0.1, -0.05) is 12.1 Å². The monoisotopic (exact) mass is 188 g/mol. The fraction of sp³-hybridized carbons (Fsp3) is 0.333. The second-order valence-corrected chi connectivity index (χ2v) is 4.15. The maximum Gasteiger partial charge on any atom is 0.134 e. The third-order valence-corrected chi connectivity index (χ3v) is 2.93. The summed E-state index contributed by atoms with van der Waals surface area (Å²) in [4.78, 5) is 0. The van der Waals surface area contributed by atoms with Gasteiger partial charge in [0.05, 0.1) is 11.9 Å². The number of furan rings is 1. The Morgan fingerprint density at radius 2 is 2.14 bits per heavy atom. The van der Waals surface area contributed by atoms with Gasteiger partial charge in [0, 0.05) is 11.8 Å². The van der Waals surface area contributed by atoms with Gasteiger partial charge >= 0.3 is 0 Å². The Balaban J connectivity index is 2.06. The van der Waals surface area contributed by atoms with Crippen molar-refractivity contribution in [3.8, 4) is 0 Å². The Bertz CT molecular complexity index is 466. The smallest absolute Gasteiger partial charge is 0.134 e. The van der Waals surface area contributed by atoms with E-state index in [1.165, 1.54) is 5.56 Å². The van der Waals surface area contributed by atoms with Crippen molar-refractivity contribution >= 4 is 11.0 Å². The first kappa shape index (κ1) is 8.06. The number of benzene rings is 1. The zero-order valence-corrected chi connectivity index (χ0v) is 7.86. The van der Waals surface area contributed by atoms with Gasteiger partial charge in [-0.15, -0.1) is 0 Å². The molecule has 1 N–H and O–H groups in total. The highest BCUT2D eigenvalue weighted by Crippen LogP contribution is 2.39. The van der Waals surface area contributed by atoms with E-state index in [9.17, 15) is 5.11 Å². The van der Waals surface area contributed by atoms with Crippen molar-refractivity contribution in [2.24, 2.45) is 0 Å². The van der Waals surface area contributed by atoms with E-state index in [0.717, 1.165) is 30.2 Å². The van der Waals surface area contributed by atoms with Crippen LogP contribution in [0.3, 0.4) is 0 Å². The molecule has 0 atom stereocenters. The quantitative estimate of drug-likeness (QED) is 0.785. The number of rotatable bonds is 2. The van der Waals surface area contributed by atoms with Crippen LogP contribution in [-0.2, 0) is 6.42 Å². The molecular weight excluding hydrogens is 176 g/mol. The van der Waals surface area contributed by atoms with E-state index in [0.29, 0.717) is 0 Å². The van der Waals surface area contributed by atoms with Crippen LogP contribution < -0.4 is 0 Å². The molecular formula is C12H12O2. The summed E-state index contributed by atoms with van der Waals surface area (Å²) in [5.74, 6) is 0. The second-order valence-electron chi connectivity index (χ2n) is 4.15. The van der Waals surface area contributed by atoms with Gasteiger partial charge in [0.15, 0.2) is 0 Å². The molecule has 2 nitrogen and oxygen atoms in total. The predicted octanol–water partition coefficient (Wildman–Crippen LogP) is 2.50. The first-order valence-corrected chi connectivity index (χ1v) is 4.94. The molecule has 2 aromatic rings. The Morgan fingerprint density at radius 1 is 1.29 bits per heavy atom. The number of aliphatic hydroxyl groups is 1. The van der Waals surface area contributed by atoms with Crippen molar-refractivity contribution in [3.05, 3.63) is 36.1 Å².